The molecule has 1 saturated carbocycles. The molecule has 1 fully saturated rings. The van der Waals surface area contributed by atoms with Crippen molar-refractivity contribution in [1.82, 2.24) is 16.2 Å². The number of ether oxygens (including phenoxy) is 1. The van der Waals surface area contributed by atoms with Crippen LogP contribution in [0.15, 0.2) is 42.5 Å². The third-order valence-corrected chi connectivity index (χ3v) is 4.54. The number of nitrogens with one attached hydrogen (secondary N) is 4. The summed E-state index contributed by atoms with van der Waals surface area (Å²) in [6.45, 7) is 0.457. The van der Waals surface area contributed by atoms with E-state index in [9.17, 15) is 14.9 Å². The Morgan fingerprint density at radius 1 is 1.21 bits per heavy atom. The highest BCUT2D eigenvalue weighted by molar-refractivity contribution is 7.80. The van der Waals surface area contributed by atoms with Gasteiger partial charge in [-0.25, -0.2) is 0 Å². The summed E-state index contributed by atoms with van der Waals surface area (Å²) >= 11 is 5.13. The average molecular weight is 415 g/mol. The lowest BCUT2D eigenvalue weighted by Crippen LogP contribution is -2.46. The van der Waals surface area contributed by atoms with Gasteiger partial charge in [0.05, 0.1) is 12.0 Å². The highest BCUT2D eigenvalue weighted by atomic mass is 32.1. The summed E-state index contributed by atoms with van der Waals surface area (Å²) in [4.78, 5) is 23.1. The van der Waals surface area contributed by atoms with Gasteiger partial charge in [-0.1, -0.05) is 12.1 Å². The lowest BCUT2D eigenvalue weighted by Gasteiger charge is -2.12. The van der Waals surface area contributed by atoms with Gasteiger partial charge in [-0.3, -0.25) is 25.8 Å². The van der Waals surface area contributed by atoms with Crippen molar-refractivity contribution in [3.8, 4) is 5.75 Å². The number of nitro groups is 1. The van der Waals surface area contributed by atoms with Crippen LogP contribution in [0.2, 0.25) is 0 Å². The monoisotopic (exact) mass is 415 g/mol. The fraction of sp³-hybridized carbons (Fsp3) is 0.263. The highest BCUT2D eigenvalue weighted by Crippen LogP contribution is 2.31. The minimum atomic E-state index is -0.528. The largest absolute Gasteiger partial charge is 0.497 e. The van der Waals surface area contributed by atoms with E-state index in [4.69, 9.17) is 17.0 Å². The molecule has 4 N–H and O–H groups in total. The molecule has 0 radical (unpaired) electrons. The highest BCUT2D eigenvalue weighted by Gasteiger charge is 2.25. The summed E-state index contributed by atoms with van der Waals surface area (Å²) in [6.07, 6.45) is 1.98. The van der Waals surface area contributed by atoms with Gasteiger partial charge in [0.25, 0.3) is 11.6 Å². The number of anilines is 1. The van der Waals surface area contributed by atoms with E-state index >= 15 is 0 Å². The van der Waals surface area contributed by atoms with Gasteiger partial charge in [-0.2, -0.15) is 0 Å². The zero-order valence-corrected chi connectivity index (χ0v) is 16.5. The molecule has 0 saturated heterocycles. The first-order chi connectivity index (χ1) is 14.0. The lowest BCUT2D eigenvalue weighted by molar-refractivity contribution is -0.384. The minimum Gasteiger partial charge on any atom is -0.497 e. The molecule has 2 aromatic rings. The zero-order valence-electron chi connectivity index (χ0n) is 15.7. The van der Waals surface area contributed by atoms with Crippen molar-refractivity contribution in [2.45, 2.75) is 25.4 Å². The molecule has 1 aliphatic carbocycles. The second kappa shape index (κ2) is 9.20. The van der Waals surface area contributed by atoms with Crippen LogP contribution in [0.1, 0.15) is 28.8 Å². The van der Waals surface area contributed by atoms with Gasteiger partial charge in [-0.05, 0) is 54.9 Å². The Morgan fingerprint density at radius 3 is 2.55 bits per heavy atom. The maximum absolute atomic E-state index is 12.3. The Kier molecular flexibility index (Phi) is 6.45. The van der Waals surface area contributed by atoms with E-state index in [1.165, 1.54) is 12.1 Å². The maximum Gasteiger partial charge on any atom is 0.293 e. The minimum absolute atomic E-state index is 0.134. The molecule has 0 atom stereocenters. The number of methoxy groups -OCH3 is 1. The van der Waals surface area contributed by atoms with Gasteiger partial charge in [0.15, 0.2) is 5.11 Å². The lowest BCUT2D eigenvalue weighted by atomic mass is 10.1. The smallest absolute Gasteiger partial charge is 0.293 e. The molecule has 0 spiro atoms. The van der Waals surface area contributed by atoms with Crippen LogP contribution in [0.5, 0.6) is 5.75 Å². The molecular formula is C19H21N5O4S. The van der Waals surface area contributed by atoms with Crippen molar-refractivity contribution in [3.05, 3.63) is 63.7 Å². The average Bonchev–Trinajstić information content (AvgIpc) is 3.55. The number of benzene rings is 2. The number of rotatable bonds is 7. The third-order valence-electron chi connectivity index (χ3n) is 4.30. The predicted octanol–water partition coefficient (Wildman–Crippen LogP) is 2.49. The first kappa shape index (κ1) is 20.3. The molecule has 0 bridgehead atoms. The van der Waals surface area contributed by atoms with Crippen molar-refractivity contribution >= 4 is 34.6 Å². The van der Waals surface area contributed by atoms with E-state index in [0.717, 1.165) is 24.2 Å². The molecule has 0 aliphatic heterocycles. The van der Waals surface area contributed by atoms with E-state index in [2.05, 4.69) is 21.5 Å². The van der Waals surface area contributed by atoms with Crippen LogP contribution < -0.4 is 26.2 Å². The number of carbonyl (C=O) groups excluding carboxylic acids is 1. The van der Waals surface area contributed by atoms with E-state index in [1.54, 1.807) is 13.2 Å². The number of amides is 1. The Hall–Kier alpha value is -3.40. The van der Waals surface area contributed by atoms with Crippen molar-refractivity contribution in [2.24, 2.45) is 0 Å². The van der Waals surface area contributed by atoms with Gasteiger partial charge in [0.1, 0.15) is 11.4 Å². The van der Waals surface area contributed by atoms with Gasteiger partial charge in [-0.15, -0.1) is 0 Å². The van der Waals surface area contributed by atoms with Crippen LogP contribution in [0.3, 0.4) is 0 Å². The molecule has 0 unspecified atom stereocenters. The second-order valence-corrected chi connectivity index (χ2v) is 6.93. The summed E-state index contributed by atoms with van der Waals surface area (Å²) in [5.74, 6) is 0.230. The van der Waals surface area contributed by atoms with Gasteiger partial charge >= 0.3 is 0 Å². The molecule has 10 heteroatoms. The molecule has 3 rings (SSSR count). The van der Waals surface area contributed by atoms with Crippen LogP contribution in [-0.4, -0.2) is 29.1 Å². The molecule has 9 nitrogen and oxygen atoms in total. The molecular weight excluding hydrogens is 394 g/mol. The zero-order chi connectivity index (χ0) is 20.8. The maximum atomic E-state index is 12.3. The number of carbonyl (C=O) groups is 1. The van der Waals surface area contributed by atoms with Crippen molar-refractivity contribution < 1.29 is 14.5 Å². The van der Waals surface area contributed by atoms with Crippen molar-refractivity contribution in [2.75, 3.05) is 12.4 Å². The summed E-state index contributed by atoms with van der Waals surface area (Å²) in [5.41, 5.74) is 6.45. The molecule has 29 heavy (non-hydrogen) atoms. The number of nitro benzene ring substituents is 1. The van der Waals surface area contributed by atoms with Crippen LogP contribution in [-0.2, 0) is 6.54 Å². The molecule has 0 aromatic heterocycles. The van der Waals surface area contributed by atoms with Crippen molar-refractivity contribution in [1.29, 1.82) is 0 Å². The van der Waals surface area contributed by atoms with Crippen LogP contribution >= 0.6 is 12.2 Å². The van der Waals surface area contributed by atoms with Crippen LogP contribution in [0.4, 0.5) is 11.4 Å². The molecule has 152 valence electrons. The molecule has 1 aliphatic rings. The van der Waals surface area contributed by atoms with Gasteiger partial charge in [0.2, 0.25) is 0 Å². The van der Waals surface area contributed by atoms with Gasteiger partial charge < -0.3 is 15.4 Å². The number of hydrazine groups is 1. The Morgan fingerprint density at radius 2 is 1.93 bits per heavy atom. The fourth-order valence-corrected chi connectivity index (χ4v) is 2.67. The summed E-state index contributed by atoms with van der Waals surface area (Å²) in [7, 11) is 1.60. The first-order valence-corrected chi connectivity index (χ1v) is 9.39. The quantitative estimate of drug-likeness (QED) is 0.310. The molecule has 0 heterocycles. The third kappa shape index (κ3) is 5.79. The van der Waals surface area contributed by atoms with Crippen molar-refractivity contribution in [3.63, 3.8) is 0 Å². The number of nitrogens with zero attached hydrogens (tertiary/aromatic N) is 1. The summed E-state index contributed by atoms with van der Waals surface area (Å²) in [6, 6.07) is 12.0. The topological polar surface area (TPSA) is 118 Å². The van der Waals surface area contributed by atoms with E-state index < -0.39 is 10.8 Å². The Bertz CT molecular complexity index is 915. The van der Waals surface area contributed by atoms with Crippen LogP contribution in [0, 0.1) is 10.1 Å². The number of hydrogen-bond donors (Lipinski definition) is 4. The predicted molar refractivity (Wildman–Crippen MR) is 113 cm³/mol. The Balaban J connectivity index is 1.51. The fourth-order valence-electron chi connectivity index (χ4n) is 2.55. The van der Waals surface area contributed by atoms with E-state index in [1.807, 2.05) is 24.3 Å². The van der Waals surface area contributed by atoms with Gasteiger partial charge in [0, 0.05) is 24.2 Å². The Labute approximate surface area is 172 Å². The number of thiocarbonyl (C=S) groups is 1. The first-order valence-electron chi connectivity index (χ1n) is 8.98. The summed E-state index contributed by atoms with van der Waals surface area (Å²) < 4.78 is 5.10. The summed E-state index contributed by atoms with van der Waals surface area (Å²) in [5, 5.41) is 17.6. The SMILES string of the molecule is COc1ccc(CNC(=S)NNC(=O)c2ccc(NC3CC3)c([N+](=O)[O-])c2)cc1. The standard InChI is InChI=1S/C19H21N5O4S/c1-28-15-7-2-12(3-8-15)11-20-19(29)23-22-18(25)13-4-9-16(21-14-5-6-14)17(10-13)24(26)27/h2-4,7-10,14,21H,5-6,11H2,1H3,(H,22,25)(H2,20,23,29). The van der Waals surface area contributed by atoms with Crippen LogP contribution in [0.25, 0.3) is 0 Å². The van der Waals surface area contributed by atoms with E-state index in [0.29, 0.717) is 12.2 Å². The van der Waals surface area contributed by atoms with E-state index in [-0.39, 0.29) is 22.4 Å². The second-order valence-electron chi connectivity index (χ2n) is 6.52. The molecule has 1 amide bonds. The number of hydrogen-bond acceptors (Lipinski definition) is 6. The molecule has 2 aromatic carbocycles. The normalized spacial score (nSPS) is 12.6.